The van der Waals surface area contributed by atoms with Crippen LogP contribution >= 0.6 is 0 Å². The van der Waals surface area contributed by atoms with E-state index in [1.165, 1.54) is 0 Å². The minimum atomic E-state index is 0.222. The van der Waals surface area contributed by atoms with Crippen LogP contribution in [0.5, 0.6) is 0 Å². The summed E-state index contributed by atoms with van der Waals surface area (Å²) in [6.07, 6.45) is 2.96. The lowest BCUT2D eigenvalue weighted by Gasteiger charge is -2.22. The number of rotatable bonds is 7. The Morgan fingerprint density at radius 3 is 2.65 bits per heavy atom. The normalized spacial score (nSPS) is 12.8. The van der Waals surface area contributed by atoms with E-state index in [2.05, 4.69) is 41.5 Å². The molecule has 1 aromatic carbocycles. The van der Waals surface area contributed by atoms with Gasteiger partial charge in [-0.05, 0) is 39.2 Å². The van der Waals surface area contributed by atoms with Crippen molar-refractivity contribution in [1.29, 1.82) is 0 Å². The van der Waals surface area contributed by atoms with Gasteiger partial charge in [-0.25, -0.2) is 4.68 Å². The molecule has 1 atom stereocenters. The molecule has 0 spiro atoms. The summed E-state index contributed by atoms with van der Waals surface area (Å²) >= 11 is 0. The first-order chi connectivity index (χ1) is 9.72. The number of hydrogen-bond donors (Lipinski definition) is 1. The van der Waals surface area contributed by atoms with Gasteiger partial charge in [-0.3, -0.25) is 0 Å². The van der Waals surface area contributed by atoms with Gasteiger partial charge < -0.3 is 10.2 Å². The predicted molar refractivity (Wildman–Crippen MR) is 80.9 cm³/mol. The fourth-order valence-corrected chi connectivity index (χ4v) is 2.20. The standard InChI is InChI=1S/C15H23N5/c1-4-10-16-14(12-19(2)3)15-11-17-18-20(15)13-8-6-5-7-9-13/h5-9,11,14,16H,4,10,12H2,1-3H3. The monoisotopic (exact) mass is 273 g/mol. The van der Waals surface area contributed by atoms with Crippen LogP contribution in [0, 0.1) is 0 Å². The Morgan fingerprint density at radius 2 is 2.00 bits per heavy atom. The molecule has 1 heterocycles. The third kappa shape index (κ3) is 3.65. The fraction of sp³-hybridized carbons (Fsp3) is 0.467. The molecule has 1 N–H and O–H groups in total. The van der Waals surface area contributed by atoms with E-state index in [1.807, 2.05) is 41.2 Å². The minimum absolute atomic E-state index is 0.222. The van der Waals surface area contributed by atoms with Crippen LogP contribution in [0.3, 0.4) is 0 Å². The van der Waals surface area contributed by atoms with Gasteiger partial charge in [0.2, 0.25) is 0 Å². The van der Waals surface area contributed by atoms with Crippen molar-refractivity contribution in [3.63, 3.8) is 0 Å². The molecule has 1 unspecified atom stereocenters. The maximum absolute atomic E-state index is 4.23. The molecule has 0 aliphatic rings. The van der Waals surface area contributed by atoms with E-state index in [0.717, 1.165) is 30.9 Å². The molecular weight excluding hydrogens is 250 g/mol. The Labute approximate surface area is 120 Å². The summed E-state index contributed by atoms with van der Waals surface area (Å²) in [7, 11) is 4.16. The minimum Gasteiger partial charge on any atom is -0.308 e. The summed E-state index contributed by atoms with van der Waals surface area (Å²) in [5.74, 6) is 0. The summed E-state index contributed by atoms with van der Waals surface area (Å²) < 4.78 is 1.91. The molecule has 5 heteroatoms. The number of likely N-dealkylation sites (N-methyl/N-ethyl adjacent to an activating group) is 1. The van der Waals surface area contributed by atoms with Crippen LogP contribution in [-0.2, 0) is 0 Å². The summed E-state index contributed by atoms with van der Waals surface area (Å²) in [5, 5.41) is 11.9. The molecule has 2 rings (SSSR count). The lowest BCUT2D eigenvalue weighted by molar-refractivity contribution is 0.335. The van der Waals surface area contributed by atoms with Crippen molar-refractivity contribution in [3.8, 4) is 5.69 Å². The van der Waals surface area contributed by atoms with E-state index in [9.17, 15) is 0 Å². The van der Waals surface area contributed by atoms with E-state index in [0.29, 0.717) is 0 Å². The van der Waals surface area contributed by atoms with Crippen molar-refractivity contribution >= 4 is 0 Å². The van der Waals surface area contributed by atoms with E-state index in [4.69, 9.17) is 0 Å². The Morgan fingerprint density at radius 1 is 1.25 bits per heavy atom. The van der Waals surface area contributed by atoms with Gasteiger partial charge in [-0.1, -0.05) is 30.3 Å². The third-order valence-electron chi connectivity index (χ3n) is 3.12. The van der Waals surface area contributed by atoms with Crippen molar-refractivity contribution < 1.29 is 0 Å². The SMILES string of the molecule is CCCNC(CN(C)C)c1cnnn1-c1ccccc1. The number of benzene rings is 1. The number of hydrogen-bond acceptors (Lipinski definition) is 4. The van der Waals surface area contributed by atoms with Gasteiger partial charge >= 0.3 is 0 Å². The van der Waals surface area contributed by atoms with Crippen LogP contribution in [0.15, 0.2) is 36.5 Å². The van der Waals surface area contributed by atoms with Crippen molar-refractivity contribution in [2.75, 3.05) is 27.2 Å². The lowest BCUT2D eigenvalue weighted by atomic mass is 10.2. The lowest BCUT2D eigenvalue weighted by Crippen LogP contribution is -2.33. The fourth-order valence-electron chi connectivity index (χ4n) is 2.20. The van der Waals surface area contributed by atoms with Gasteiger partial charge in [0.1, 0.15) is 0 Å². The molecule has 108 valence electrons. The van der Waals surface area contributed by atoms with E-state index >= 15 is 0 Å². The Kier molecular flexibility index (Phi) is 5.26. The zero-order chi connectivity index (χ0) is 14.4. The first-order valence-corrected chi connectivity index (χ1v) is 7.06. The molecule has 20 heavy (non-hydrogen) atoms. The highest BCUT2D eigenvalue weighted by molar-refractivity contribution is 5.32. The smallest absolute Gasteiger partial charge is 0.0828 e. The molecule has 2 aromatic rings. The van der Waals surface area contributed by atoms with Gasteiger partial charge in [-0.15, -0.1) is 5.10 Å². The first kappa shape index (κ1) is 14.7. The zero-order valence-electron chi connectivity index (χ0n) is 12.5. The highest BCUT2D eigenvalue weighted by Gasteiger charge is 2.18. The van der Waals surface area contributed by atoms with Crippen LogP contribution in [-0.4, -0.2) is 47.1 Å². The molecule has 0 saturated carbocycles. The first-order valence-electron chi connectivity index (χ1n) is 7.06. The third-order valence-corrected chi connectivity index (χ3v) is 3.12. The van der Waals surface area contributed by atoms with Gasteiger partial charge in [0, 0.05) is 6.54 Å². The predicted octanol–water partition coefficient (Wildman–Crippen LogP) is 1.87. The van der Waals surface area contributed by atoms with Gasteiger partial charge in [-0.2, -0.15) is 0 Å². The Balaban J connectivity index is 2.27. The quantitative estimate of drug-likeness (QED) is 0.836. The van der Waals surface area contributed by atoms with Gasteiger partial charge in [0.15, 0.2) is 0 Å². The summed E-state index contributed by atoms with van der Waals surface area (Å²) in [6.45, 7) is 4.07. The average Bonchev–Trinajstić information content (AvgIpc) is 2.93. The molecule has 0 saturated heterocycles. The number of nitrogens with zero attached hydrogens (tertiary/aromatic N) is 4. The second kappa shape index (κ2) is 7.17. The summed E-state index contributed by atoms with van der Waals surface area (Å²) in [6, 6.07) is 10.4. The number of nitrogens with one attached hydrogen (secondary N) is 1. The molecule has 0 aliphatic carbocycles. The van der Waals surface area contributed by atoms with Crippen molar-refractivity contribution in [2.24, 2.45) is 0 Å². The van der Waals surface area contributed by atoms with Crippen molar-refractivity contribution in [2.45, 2.75) is 19.4 Å². The van der Waals surface area contributed by atoms with E-state index in [1.54, 1.807) is 0 Å². The van der Waals surface area contributed by atoms with Crippen molar-refractivity contribution in [3.05, 3.63) is 42.2 Å². The number of aromatic nitrogens is 3. The molecular formula is C15H23N5. The molecule has 5 nitrogen and oxygen atoms in total. The van der Waals surface area contributed by atoms with Gasteiger partial charge in [0.25, 0.3) is 0 Å². The highest BCUT2D eigenvalue weighted by Crippen LogP contribution is 2.16. The largest absolute Gasteiger partial charge is 0.308 e. The molecule has 1 aromatic heterocycles. The Bertz CT molecular complexity index is 506. The topological polar surface area (TPSA) is 46.0 Å². The van der Waals surface area contributed by atoms with Crippen LogP contribution in [0.25, 0.3) is 5.69 Å². The van der Waals surface area contributed by atoms with Crippen LogP contribution < -0.4 is 5.32 Å². The van der Waals surface area contributed by atoms with Gasteiger partial charge in [0.05, 0.1) is 23.6 Å². The average molecular weight is 273 g/mol. The number of para-hydroxylation sites is 1. The highest BCUT2D eigenvalue weighted by atomic mass is 15.4. The van der Waals surface area contributed by atoms with E-state index in [-0.39, 0.29) is 6.04 Å². The van der Waals surface area contributed by atoms with Crippen LogP contribution in [0.1, 0.15) is 25.1 Å². The molecule has 0 amide bonds. The second-order valence-electron chi connectivity index (χ2n) is 5.18. The molecule has 0 bridgehead atoms. The maximum Gasteiger partial charge on any atom is 0.0828 e. The Hall–Kier alpha value is -1.72. The maximum atomic E-state index is 4.23. The van der Waals surface area contributed by atoms with Crippen molar-refractivity contribution in [1.82, 2.24) is 25.2 Å². The molecule has 0 aliphatic heterocycles. The van der Waals surface area contributed by atoms with E-state index < -0.39 is 0 Å². The zero-order valence-corrected chi connectivity index (χ0v) is 12.5. The molecule has 0 radical (unpaired) electrons. The second-order valence-corrected chi connectivity index (χ2v) is 5.18. The molecule has 0 fully saturated rings. The van der Waals surface area contributed by atoms with Crippen LogP contribution in [0.2, 0.25) is 0 Å². The summed E-state index contributed by atoms with van der Waals surface area (Å²) in [4.78, 5) is 2.18. The van der Waals surface area contributed by atoms with Crippen LogP contribution in [0.4, 0.5) is 0 Å². The summed E-state index contributed by atoms with van der Waals surface area (Å²) in [5.41, 5.74) is 2.14.